The number of hydrogen-bond donors (Lipinski definition) is 2. The normalized spacial score (nSPS) is 25.8. The first-order valence-corrected chi connectivity index (χ1v) is 10.5. The maximum atomic E-state index is 13.2. The highest BCUT2D eigenvalue weighted by atomic mass is 16.2. The number of amides is 2. The minimum Gasteiger partial charge on any atom is -0.354 e. The van der Waals surface area contributed by atoms with Crippen LogP contribution in [0.4, 0.5) is 0 Å². The molecule has 1 aliphatic heterocycles. The molecule has 1 aromatic rings. The number of nitrogens with zero attached hydrogens (tertiary/aromatic N) is 1. The van der Waals surface area contributed by atoms with Crippen molar-refractivity contribution >= 4 is 11.8 Å². The molecule has 1 saturated carbocycles. The van der Waals surface area contributed by atoms with Gasteiger partial charge in [-0.15, -0.1) is 0 Å². The van der Waals surface area contributed by atoms with Gasteiger partial charge in [-0.05, 0) is 56.4 Å². The Morgan fingerprint density at radius 1 is 1.04 bits per heavy atom. The fourth-order valence-electron chi connectivity index (χ4n) is 4.59. The van der Waals surface area contributed by atoms with Gasteiger partial charge in [0, 0.05) is 38.0 Å². The predicted molar refractivity (Wildman–Crippen MR) is 107 cm³/mol. The van der Waals surface area contributed by atoms with Gasteiger partial charge in [-0.2, -0.15) is 0 Å². The molecule has 27 heavy (non-hydrogen) atoms. The highest BCUT2D eigenvalue weighted by Crippen LogP contribution is 2.37. The summed E-state index contributed by atoms with van der Waals surface area (Å²) in [6.45, 7) is 1.75. The lowest BCUT2D eigenvalue weighted by molar-refractivity contribution is -0.140. The fraction of sp³-hybridized carbons (Fsp3) is 0.636. The van der Waals surface area contributed by atoms with Crippen molar-refractivity contribution in [2.45, 2.75) is 63.3 Å². The van der Waals surface area contributed by atoms with Crippen LogP contribution in [0.5, 0.6) is 0 Å². The van der Waals surface area contributed by atoms with Crippen LogP contribution in [0, 0.1) is 5.92 Å². The summed E-state index contributed by atoms with van der Waals surface area (Å²) in [5, 5.41) is 2.96. The molecular weight excluding hydrogens is 338 g/mol. The lowest BCUT2D eigenvalue weighted by atomic mass is 9.78. The molecule has 1 atom stereocenters. The largest absolute Gasteiger partial charge is 0.354 e. The molecule has 2 amide bonds. The molecule has 1 heterocycles. The molecular formula is C22H33N3O2. The Bertz CT molecular complexity index is 611. The van der Waals surface area contributed by atoms with E-state index < -0.39 is 0 Å². The second-order valence-corrected chi connectivity index (χ2v) is 7.98. The van der Waals surface area contributed by atoms with E-state index >= 15 is 0 Å². The first kappa shape index (κ1) is 19.9. The maximum Gasteiger partial charge on any atom is 0.225 e. The molecule has 0 aromatic heterocycles. The number of nitrogens with two attached hydrogens (primary N) is 1. The number of nitrogens with one attached hydrogen (secondary N) is 1. The SMILES string of the molecule is NCCC(=O)NCC1CCCCN1C(=O)C1CCC(c2ccccc2)CC1. The standard InChI is InChI=1S/C22H33N3O2/c23-14-13-21(26)24-16-20-8-4-5-15-25(20)22(27)19-11-9-18(10-12-19)17-6-2-1-3-7-17/h1-3,6-7,18-20H,4-5,8-16,23H2,(H,24,26). The zero-order chi connectivity index (χ0) is 19.1. The molecule has 3 N–H and O–H groups in total. The van der Waals surface area contributed by atoms with Crippen molar-refractivity contribution in [1.82, 2.24) is 10.2 Å². The molecule has 5 heteroatoms. The Balaban J connectivity index is 1.53. The van der Waals surface area contributed by atoms with E-state index in [1.54, 1.807) is 0 Å². The van der Waals surface area contributed by atoms with Crippen LogP contribution in [0.1, 0.15) is 62.8 Å². The van der Waals surface area contributed by atoms with E-state index in [0.717, 1.165) is 51.5 Å². The molecule has 2 aliphatic rings. The number of likely N-dealkylation sites (tertiary alicyclic amines) is 1. The van der Waals surface area contributed by atoms with Crippen LogP contribution < -0.4 is 11.1 Å². The number of carbonyl (C=O) groups excluding carboxylic acids is 2. The molecule has 0 radical (unpaired) electrons. The summed E-state index contributed by atoms with van der Waals surface area (Å²) in [7, 11) is 0. The first-order valence-electron chi connectivity index (χ1n) is 10.5. The third kappa shape index (κ3) is 5.32. The third-order valence-corrected chi connectivity index (χ3v) is 6.16. The van der Waals surface area contributed by atoms with Crippen LogP contribution in [0.2, 0.25) is 0 Å². The Kier molecular flexibility index (Phi) is 7.27. The van der Waals surface area contributed by atoms with Gasteiger partial charge in [0.1, 0.15) is 0 Å². The average Bonchev–Trinajstić information content (AvgIpc) is 2.73. The second-order valence-electron chi connectivity index (χ2n) is 7.98. The highest BCUT2D eigenvalue weighted by Gasteiger charge is 2.34. The van der Waals surface area contributed by atoms with E-state index in [2.05, 4.69) is 40.5 Å². The van der Waals surface area contributed by atoms with Crippen LogP contribution in [0.3, 0.4) is 0 Å². The van der Waals surface area contributed by atoms with Crippen molar-refractivity contribution in [2.75, 3.05) is 19.6 Å². The molecule has 1 saturated heterocycles. The molecule has 1 aromatic carbocycles. The Morgan fingerprint density at radius 2 is 1.78 bits per heavy atom. The van der Waals surface area contributed by atoms with Gasteiger partial charge in [0.25, 0.3) is 0 Å². The van der Waals surface area contributed by atoms with Gasteiger partial charge < -0.3 is 16.0 Å². The quantitative estimate of drug-likeness (QED) is 0.807. The number of hydrogen-bond acceptors (Lipinski definition) is 3. The van der Waals surface area contributed by atoms with Crippen LogP contribution in [-0.4, -0.2) is 42.4 Å². The summed E-state index contributed by atoms with van der Waals surface area (Å²) < 4.78 is 0. The summed E-state index contributed by atoms with van der Waals surface area (Å²) >= 11 is 0. The Hall–Kier alpha value is -1.88. The second kappa shape index (κ2) is 9.88. The van der Waals surface area contributed by atoms with Crippen LogP contribution in [0.25, 0.3) is 0 Å². The van der Waals surface area contributed by atoms with Crippen LogP contribution >= 0.6 is 0 Å². The molecule has 3 rings (SSSR count). The molecule has 148 valence electrons. The van der Waals surface area contributed by atoms with Gasteiger partial charge in [0.05, 0.1) is 0 Å². The van der Waals surface area contributed by atoms with Crippen molar-refractivity contribution in [3.05, 3.63) is 35.9 Å². The van der Waals surface area contributed by atoms with E-state index in [4.69, 9.17) is 5.73 Å². The van der Waals surface area contributed by atoms with E-state index in [1.165, 1.54) is 5.56 Å². The lowest BCUT2D eigenvalue weighted by Crippen LogP contribution is -2.51. The number of piperidine rings is 1. The molecule has 0 bridgehead atoms. The smallest absolute Gasteiger partial charge is 0.225 e. The number of carbonyl (C=O) groups is 2. The van der Waals surface area contributed by atoms with E-state index in [-0.39, 0.29) is 17.9 Å². The van der Waals surface area contributed by atoms with Crippen molar-refractivity contribution in [3.63, 3.8) is 0 Å². The fourth-order valence-corrected chi connectivity index (χ4v) is 4.59. The number of benzene rings is 1. The first-order chi connectivity index (χ1) is 13.2. The van der Waals surface area contributed by atoms with Crippen molar-refractivity contribution in [3.8, 4) is 0 Å². The topological polar surface area (TPSA) is 75.4 Å². The highest BCUT2D eigenvalue weighted by molar-refractivity contribution is 5.80. The minimum absolute atomic E-state index is 0.0150. The maximum absolute atomic E-state index is 13.2. The average molecular weight is 372 g/mol. The number of rotatable bonds is 6. The molecule has 1 unspecified atom stereocenters. The zero-order valence-corrected chi connectivity index (χ0v) is 16.2. The lowest BCUT2D eigenvalue weighted by Gasteiger charge is -2.39. The Morgan fingerprint density at radius 3 is 2.48 bits per heavy atom. The summed E-state index contributed by atoms with van der Waals surface area (Å²) in [5.74, 6) is 1.02. The predicted octanol–water partition coefficient (Wildman–Crippen LogP) is 2.81. The van der Waals surface area contributed by atoms with Gasteiger partial charge in [-0.25, -0.2) is 0 Å². The summed E-state index contributed by atoms with van der Waals surface area (Å²) in [5.41, 5.74) is 6.84. The summed E-state index contributed by atoms with van der Waals surface area (Å²) in [6, 6.07) is 10.8. The van der Waals surface area contributed by atoms with Crippen LogP contribution in [0.15, 0.2) is 30.3 Å². The molecule has 5 nitrogen and oxygen atoms in total. The minimum atomic E-state index is -0.0150. The summed E-state index contributed by atoms with van der Waals surface area (Å²) in [6.07, 6.45) is 7.65. The monoisotopic (exact) mass is 371 g/mol. The van der Waals surface area contributed by atoms with Gasteiger partial charge in [0.15, 0.2) is 0 Å². The third-order valence-electron chi connectivity index (χ3n) is 6.16. The van der Waals surface area contributed by atoms with Gasteiger partial charge >= 0.3 is 0 Å². The van der Waals surface area contributed by atoms with Crippen molar-refractivity contribution in [2.24, 2.45) is 11.7 Å². The summed E-state index contributed by atoms with van der Waals surface area (Å²) in [4.78, 5) is 27.0. The van der Waals surface area contributed by atoms with Crippen LogP contribution in [-0.2, 0) is 9.59 Å². The zero-order valence-electron chi connectivity index (χ0n) is 16.2. The van der Waals surface area contributed by atoms with Crippen molar-refractivity contribution in [1.29, 1.82) is 0 Å². The molecule has 0 spiro atoms. The van der Waals surface area contributed by atoms with E-state index in [1.807, 2.05) is 0 Å². The molecule has 2 fully saturated rings. The molecule has 1 aliphatic carbocycles. The Labute approximate surface area is 162 Å². The van der Waals surface area contributed by atoms with Gasteiger partial charge in [-0.1, -0.05) is 30.3 Å². The van der Waals surface area contributed by atoms with E-state index in [9.17, 15) is 9.59 Å². The van der Waals surface area contributed by atoms with Crippen molar-refractivity contribution < 1.29 is 9.59 Å². The van der Waals surface area contributed by atoms with Gasteiger partial charge in [0.2, 0.25) is 11.8 Å². The van der Waals surface area contributed by atoms with E-state index in [0.29, 0.717) is 31.3 Å². The van der Waals surface area contributed by atoms with Gasteiger partial charge in [-0.3, -0.25) is 9.59 Å².